The molecule has 150 valence electrons. The van der Waals surface area contributed by atoms with Crippen LogP contribution in [0.4, 0.5) is 0 Å². The van der Waals surface area contributed by atoms with E-state index in [0.717, 1.165) is 45.6 Å². The zero-order valence-electron chi connectivity index (χ0n) is 16.6. The molecule has 3 N–H and O–H groups in total. The van der Waals surface area contributed by atoms with Crippen LogP contribution in [0.15, 0.2) is 30.3 Å². The molecule has 27 heavy (non-hydrogen) atoms. The van der Waals surface area contributed by atoms with E-state index in [4.69, 9.17) is 4.74 Å². The number of nitrogens with one attached hydrogen (secondary N) is 3. The molecule has 0 aromatic heterocycles. The number of amides is 1. The summed E-state index contributed by atoms with van der Waals surface area (Å²) in [7, 11) is 0. The van der Waals surface area contributed by atoms with Gasteiger partial charge in [-0.25, -0.2) is 0 Å². The summed E-state index contributed by atoms with van der Waals surface area (Å²) in [6.07, 6.45) is 5.91. The van der Waals surface area contributed by atoms with Gasteiger partial charge in [-0.15, -0.1) is 0 Å². The molecule has 2 heterocycles. The van der Waals surface area contributed by atoms with E-state index in [-0.39, 0.29) is 17.5 Å². The smallest absolute Gasteiger partial charge is 0.220 e. The Hall–Kier alpha value is -1.43. The van der Waals surface area contributed by atoms with Crippen LogP contribution in [0.5, 0.6) is 0 Å². The van der Waals surface area contributed by atoms with Crippen molar-refractivity contribution in [2.45, 2.75) is 57.0 Å². The van der Waals surface area contributed by atoms with Crippen LogP contribution < -0.4 is 16.0 Å². The molecule has 0 bridgehead atoms. The van der Waals surface area contributed by atoms with Crippen molar-refractivity contribution in [1.82, 2.24) is 16.0 Å². The molecular weight excluding hydrogens is 338 g/mol. The van der Waals surface area contributed by atoms with Crippen molar-refractivity contribution >= 4 is 5.91 Å². The van der Waals surface area contributed by atoms with E-state index in [1.165, 1.54) is 18.4 Å². The monoisotopic (exact) mass is 373 g/mol. The number of benzene rings is 1. The molecule has 0 saturated carbocycles. The number of carbonyl (C=O) groups is 1. The maximum atomic E-state index is 12.4. The third-order valence-electron chi connectivity index (χ3n) is 6.13. The molecule has 5 nitrogen and oxygen atoms in total. The molecule has 5 heteroatoms. The number of rotatable bonds is 8. The van der Waals surface area contributed by atoms with Crippen molar-refractivity contribution in [2.24, 2.45) is 5.92 Å². The molecule has 2 aliphatic heterocycles. The van der Waals surface area contributed by atoms with E-state index >= 15 is 0 Å². The average Bonchev–Trinajstić information content (AvgIpc) is 2.73. The highest BCUT2D eigenvalue weighted by molar-refractivity contribution is 5.75. The number of piperidine rings is 1. The highest BCUT2D eigenvalue weighted by Gasteiger charge is 2.34. The normalized spacial score (nSPS) is 21.5. The highest BCUT2D eigenvalue weighted by atomic mass is 16.5. The average molecular weight is 374 g/mol. The van der Waals surface area contributed by atoms with Gasteiger partial charge in [0.1, 0.15) is 0 Å². The van der Waals surface area contributed by atoms with Crippen LogP contribution in [-0.4, -0.2) is 44.3 Å². The number of ether oxygens (including phenoxy) is 1. The minimum atomic E-state index is -0.0854. The molecular formula is C22H35N3O2. The first-order valence-electron chi connectivity index (χ1n) is 10.5. The molecule has 1 aromatic carbocycles. The van der Waals surface area contributed by atoms with Crippen molar-refractivity contribution in [3.8, 4) is 0 Å². The Kier molecular flexibility index (Phi) is 7.68. The summed E-state index contributed by atoms with van der Waals surface area (Å²) in [6, 6.07) is 10.8. The second-order valence-corrected chi connectivity index (χ2v) is 8.18. The predicted octanol–water partition coefficient (Wildman–Crippen LogP) is 2.78. The SMILES string of the molecule is CC(NC1(CNC(=O)CCC2CCNCC2)CCOCC1)c1ccccc1. The van der Waals surface area contributed by atoms with Gasteiger partial charge in [0.25, 0.3) is 0 Å². The molecule has 1 atom stereocenters. The molecule has 2 fully saturated rings. The minimum absolute atomic E-state index is 0.0854. The molecule has 3 rings (SSSR count). The topological polar surface area (TPSA) is 62.4 Å². The fraction of sp³-hybridized carbons (Fsp3) is 0.682. The first-order chi connectivity index (χ1) is 13.2. The fourth-order valence-corrected chi connectivity index (χ4v) is 4.28. The van der Waals surface area contributed by atoms with Gasteiger partial charge in [-0.05, 0) is 63.6 Å². The molecule has 0 radical (unpaired) electrons. The Morgan fingerprint density at radius 2 is 1.93 bits per heavy atom. The molecule has 1 amide bonds. The van der Waals surface area contributed by atoms with E-state index in [1.807, 2.05) is 6.07 Å². The first kappa shape index (κ1) is 20.3. The van der Waals surface area contributed by atoms with Crippen LogP contribution in [-0.2, 0) is 9.53 Å². The van der Waals surface area contributed by atoms with Gasteiger partial charge in [-0.1, -0.05) is 30.3 Å². The van der Waals surface area contributed by atoms with Gasteiger partial charge in [-0.3, -0.25) is 4.79 Å². The molecule has 0 aliphatic carbocycles. The fourth-order valence-electron chi connectivity index (χ4n) is 4.28. The van der Waals surface area contributed by atoms with Gasteiger partial charge in [0.05, 0.1) is 0 Å². The van der Waals surface area contributed by atoms with Crippen molar-refractivity contribution in [3.63, 3.8) is 0 Å². The molecule has 0 spiro atoms. The number of carbonyl (C=O) groups excluding carboxylic acids is 1. The Morgan fingerprint density at radius 3 is 2.63 bits per heavy atom. The largest absolute Gasteiger partial charge is 0.381 e. The molecule has 2 saturated heterocycles. The van der Waals surface area contributed by atoms with Crippen molar-refractivity contribution in [1.29, 1.82) is 0 Å². The quantitative estimate of drug-likeness (QED) is 0.656. The second-order valence-electron chi connectivity index (χ2n) is 8.18. The third kappa shape index (κ3) is 6.30. The Bertz CT molecular complexity index is 566. The van der Waals surface area contributed by atoms with Crippen LogP contribution in [0.3, 0.4) is 0 Å². The summed E-state index contributed by atoms with van der Waals surface area (Å²) in [5.74, 6) is 0.888. The van der Waals surface area contributed by atoms with Gasteiger partial charge in [-0.2, -0.15) is 0 Å². The van der Waals surface area contributed by atoms with E-state index in [2.05, 4.69) is 47.1 Å². The molecule has 2 aliphatic rings. The summed E-state index contributed by atoms with van der Waals surface area (Å²) in [6.45, 7) is 6.57. The zero-order chi connectivity index (χ0) is 19.0. The minimum Gasteiger partial charge on any atom is -0.381 e. The van der Waals surface area contributed by atoms with Gasteiger partial charge >= 0.3 is 0 Å². The third-order valence-corrected chi connectivity index (χ3v) is 6.13. The van der Waals surface area contributed by atoms with E-state index in [9.17, 15) is 4.79 Å². The lowest BCUT2D eigenvalue weighted by molar-refractivity contribution is -0.122. The van der Waals surface area contributed by atoms with E-state index in [0.29, 0.717) is 18.9 Å². The van der Waals surface area contributed by atoms with E-state index in [1.54, 1.807) is 0 Å². The number of hydrogen-bond acceptors (Lipinski definition) is 4. The van der Waals surface area contributed by atoms with Gasteiger partial charge in [0.15, 0.2) is 0 Å². The Labute approximate surface area is 163 Å². The van der Waals surface area contributed by atoms with Crippen molar-refractivity contribution in [3.05, 3.63) is 35.9 Å². The van der Waals surface area contributed by atoms with Gasteiger partial charge in [0.2, 0.25) is 5.91 Å². The van der Waals surface area contributed by atoms with Crippen LogP contribution >= 0.6 is 0 Å². The van der Waals surface area contributed by atoms with Crippen LogP contribution in [0.2, 0.25) is 0 Å². The second kappa shape index (κ2) is 10.2. The van der Waals surface area contributed by atoms with Crippen LogP contribution in [0, 0.1) is 5.92 Å². The standard InChI is InChI=1S/C22H35N3O2/c1-18(20-5-3-2-4-6-20)25-22(11-15-27-16-12-22)17-24-21(26)8-7-19-9-13-23-14-10-19/h2-6,18-19,23,25H,7-17H2,1H3,(H,24,26). The lowest BCUT2D eigenvalue weighted by Crippen LogP contribution is -2.57. The highest BCUT2D eigenvalue weighted by Crippen LogP contribution is 2.25. The van der Waals surface area contributed by atoms with Crippen molar-refractivity contribution in [2.75, 3.05) is 32.8 Å². The lowest BCUT2D eigenvalue weighted by Gasteiger charge is -2.40. The Morgan fingerprint density at radius 1 is 1.22 bits per heavy atom. The number of hydrogen-bond donors (Lipinski definition) is 3. The van der Waals surface area contributed by atoms with Gasteiger partial charge < -0.3 is 20.7 Å². The predicted molar refractivity (Wildman–Crippen MR) is 109 cm³/mol. The summed E-state index contributed by atoms with van der Waals surface area (Å²) in [5.41, 5.74) is 1.19. The van der Waals surface area contributed by atoms with Crippen molar-refractivity contribution < 1.29 is 9.53 Å². The summed E-state index contributed by atoms with van der Waals surface area (Å²) >= 11 is 0. The maximum absolute atomic E-state index is 12.4. The Balaban J connectivity index is 1.50. The van der Waals surface area contributed by atoms with Crippen LogP contribution in [0.25, 0.3) is 0 Å². The van der Waals surface area contributed by atoms with E-state index < -0.39 is 0 Å². The molecule has 1 unspecified atom stereocenters. The molecule has 1 aromatic rings. The maximum Gasteiger partial charge on any atom is 0.220 e. The first-order valence-corrected chi connectivity index (χ1v) is 10.5. The lowest BCUT2D eigenvalue weighted by atomic mass is 9.88. The summed E-state index contributed by atoms with van der Waals surface area (Å²) in [4.78, 5) is 12.4. The van der Waals surface area contributed by atoms with Crippen LogP contribution in [0.1, 0.15) is 57.1 Å². The zero-order valence-corrected chi connectivity index (χ0v) is 16.6. The van der Waals surface area contributed by atoms with Gasteiger partial charge in [0, 0.05) is 37.8 Å². The summed E-state index contributed by atoms with van der Waals surface area (Å²) < 4.78 is 5.59. The summed E-state index contributed by atoms with van der Waals surface area (Å²) in [5, 5.41) is 10.4.